The van der Waals surface area contributed by atoms with E-state index in [0.717, 1.165) is 25.3 Å². The molecule has 0 amide bonds. The molecule has 0 aliphatic heterocycles. The van der Waals surface area contributed by atoms with Crippen LogP contribution in [0.4, 0.5) is 5.69 Å². The molecule has 4 N–H and O–H groups in total. The van der Waals surface area contributed by atoms with Gasteiger partial charge in [0.05, 0.1) is 11.3 Å². The molecular formula is C15H24N2O4S. The molecule has 6 nitrogen and oxygen atoms in total. The number of unbranched alkanes of at least 4 members (excludes halogenated alkanes) is 5. The van der Waals surface area contributed by atoms with Gasteiger partial charge in [0.15, 0.2) is 0 Å². The van der Waals surface area contributed by atoms with Crippen molar-refractivity contribution in [1.29, 1.82) is 0 Å². The lowest BCUT2D eigenvalue weighted by atomic mass is 10.1. The third kappa shape index (κ3) is 6.03. The van der Waals surface area contributed by atoms with Gasteiger partial charge in [-0.05, 0) is 24.6 Å². The predicted octanol–water partition coefficient (Wildman–Crippen LogP) is 2.80. The number of carboxylic acid groups (broad SMARTS) is 1. The molecule has 1 aromatic carbocycles. The van der Waals surface area contributed by atoms with Crippen molar-refractivity contribution in [3.8, 4) is 0 Å². The molecule has 0 aliphatic carbocycles. The number of nitrogens with one attached hydrogen (secondary N) is 1. The molecule has 0 aromatic heterocycles. The minimum atomic E-state index is -3.97. The van der Waals surface area contributed by atoms with E-state index in [-0.39, 0.29) is 10.5 Å². The molecule has 0 fully saturated rings. The van der Waals surface area contributed by atoms with E-state index in [2.05, 4.69) is 12.2 Å². The number of sulfonamides is 1. The Labute approximate surface area is 131 Å². The summed E-state index contributed by atoms with van der Waals surface area (Å²) in [6.07, 6.45) is 6.81. The summed E-state index contributed by atoms with van der Waals surface area (Å²) in [5.74, 6) is -1.19. The zero-order valence-corrected chi connectivity index (χ0v) is 13.7. The average molecular weight is 328 g/mol. The zero-order chi connectivity index (χ0) is 16.6. The number of rotatable bonds is 10. The number of aromatic carboxylic acids is 1. The number of primary sulfonamides is 1. The monoisotopic (exact) mass is 328 g/mol. The van der Waals surface area contributed by atoms with Gasteiger partial charge in [0.1, 0.15) is 4.90 Å². The van der Waals surface area contributed by atoms with Crippen LogP contribution in [0.2, 0.25) is 0 Å². The van der Waals surface area contributed by atoms with Crippen LogP contribution in [0, 0.1) is 0 Å². The van der Waals surface area contributed by atoms with Crippen molar-refractivity contribution in [3.63, 3.8) is 0 Å². The largest absolute Gasteiger partial charge is 0.478 e. The van der Waals surface area contributed by atoms with Crippen molar-refractivity contribution < 1.29 is 18.3 Å². The minimum absolute atomic E-state index is 0.103. The molecule has 22 heavy (non-hydrogen) atoms. The third-order valence-corrected chi connectivity index (χ3v) is 4.33. The summed E-state index contributed by atoms with van der Waals surface area (Å²) in [6.45, 7) is 2.79. The molecule has 0 heterocycles. The van der Waals surface area contributed by atoms with Crippen LogP contribution in [-0.2, 0) is 10.0 Å². The summed E-state index contributed by atoms with van der Waals surface area (Å²) in [7, 11) is -3.97. The van der Waals surface area contributed by atoms with Crippen molar-refractivity contribution in [2.45, 2.75) is 50.3 Å². The normalized spacial score (nSPS) is 11.4. The molecule has 0 saturated carbocycles. The van der Waals surface area contributed by atoms with E-state index >= 15 is 0 Å². The van der Waals surface area contributed by atoms with Crippen molar-refractivity contribution in [2.24, 2.45) is 5.14 Å². The maximum atomic E-state index is 11.6. The van der Waals surface area contributed by atoms with Crippen LogP contribution in [0.1, 0.15) is 55.8 Å². The Morgan fingerprint density at radius 1 is 1.18 bits per heavy atom. The van der Waals surface area contributed by atoms with Gasteiger partial charge < -0.3 is 10.4 Å². The first-order chi connectivity index (χ1) is 10.4. The lowest BCUT2D eigenvalue weighted by Gasteiger charge is -2.11. The Bertz CT molecular complexity index is 600. The van der Waals surface area contributed by atoms with Crippen LogP contribution in [0.25, 0.3) is 0 Å². The maximum absolute atomic E-state index is 11.6. The predicted molar refractivity (Wildman–Crippen MR) is 86.6 cm³/mol. The molecular weight excluding hydrogens is 304 g/mol. The number of anilines is 1. The molecule has 0 atom stereocenters. The van der Waals surface area contributed by atoms with Gasteiger partial charge in [-0.3, -0.25) is 0 Å². The summed E-state index contributed by atoms with van der Waals surface area (Å²) in [5, 5.41) is 17.1. The van der Waals surface area contributed by atoms with Gasteiger partial charge in [0, 0.05) is 6.54 Å². The summed E-state index contributed by atoms with van der Waals surface area (Å²) in [5.41, 5.74) is 0.246. The second-order valence-corrected chi connectivity index (χ2v) is 6.79. The zero-order valence-electron chi connectivity index (χ0n) is 12.8. The Hall–Kier alpha value is -1.60. The maximum Gasteiger partial charge on any atom is 0.335 e. The van der Waals surface area contributed by atoms with E-state index in [9.17, 15) is 13.2 Å². The van der Waals surface area contributed by atoms with E-state index in [4.69, 9.17) is 10.2 Å². The fourth-order valence-electron chi connectivity index (χ4n) is 2.17. The average Bonchev–Trinajstić information content (AvgIpc) is 2.45. The highest BCUT2D eigenvalue weighted by Crippen LogP contribution is 2.22. The van der Waals surface area contributed by atoms with Crippen LogP contribution in [-0.4, -0.2) is 26.0 Å². The Morgan fingerprint density at radius 2 is 1.82 bits per heavy atom. The minimum Gasteiger partial charge on any atom is -0.478 e. The molecule has 7 heteroatoms. The number of benzene rings is 1. The van der Waals surface area contributed by atoms with Crippen molar-refractivity contribution in [2.75, 3.05) is 11.9 Å². The molecule has 0 aliphatic rings. The third-order valence-electron chi connectivity index (χ3n) is 3.38. The second kappa shape index (κ2) is 8.75. The highest BCUT2D eigenvalue weighted by Gasteiger charge is 2.16. The van der Waals surface area contributed by atoms with Crippen LogP contribution in [0.5, 0.6) is 0 Å². The fourth-order valence-corrected chi connectivity index (χ4v) is 2.90. The number of hydrogen-bond donors (Lipinski definition) is 3. The van der Waals surface area contributed by atoms with Gasteiger partial charge in [0.2, 0.25) is 10.0 Å². The van der Waals surface area contributed by atoms with E-state index < -0.39 is 16.0 Å². The molecule has 1 aromatic rings. The lowest BCUT2D eigenvalue weighted by molar-refractivity contribution is 0.0696. The molecule has 0 saturated heterocycles. The number of carbonyl (C=O) groups is 1. The first-order valence-corrected chi connectivity index (χ1v) is 9.05. The summed E-state index contributed by atoms with van der Waals surface area (Å²) in [6, 6.07) is 3.89. The van der Waals surface area contributed by atoms with E-state index in [1.165, 1.54) is 31.4 Å². The molecule has 0 spiro atoms. The quantitative estimate of drug-likeness (QED) is 0.572. The van der Waals surface area contributed by atoms with Crippen molar-refractivity contribution in [3.05, 3.63) is 23.8 Å². The van der Waals surface area contributed by atoms with Crippen LogP contribution < -0.4 is 10.5 Å². The van der Waals surface area contributed by atoms with Crippen LogP contribution in [0.15, 0.2) is 23.1 Å². The number of nitrogens with two attached hydrogens (primary N) is 1. The topological polar surface area (TPSA) is 109 Å². The number of hydrogen-bond acceptors (Lipinski definition) is 4. The van der Waals surface area contributed by atoms with Gasteiger partial charge >= 0.3 is 5.97 Å². The Morgan fingerprint density at radius 3 is 2.41 bits per heavy atom. The van der Waals surface area contributed by atoms with Gasteiger partial charge in [-0.2, -0.15) is 0 Å². The smallest absolute Gasteiger partial charge is 0.335 e. The standard InChI is InChI=1S/C15H24N2O4S/c1-2-3-4-5-6-7-10-17-13-9-8-12(15(18)19)11-14(13)22(16,20)21/h8-9,11,17H,2-7,10H2,1H3,(H,18,19)(H2,16,20,21). The van der Waals surface area contributed by atoms with Gasteiger partial charge in [0.25, 0.3) is 0 Å². The highest BCUT2D eigenvalue weighted by atomic mass is 32.2. The van der Waals surface area contributed by atoms with Crippen LogP contribution >= 0.6 is 0 Å². The van der Waals surface area contributed by atoms with Gasteiger partial charge in [-0.1, -0.05) is 39.0 Å². The summed E-state index contributed by atoms with van der Waals surface area (Å²) in [4.78, 5) is 10.7. The first kappa shape index (κ1) is 18.4. The summed E-state index contributed by atoms with van der Waals surface area (Å²) < 4.78 is 23.2. The molecule has 1 rings (SSSR count). The van der Waals surface area contributed by atoms with E-state index in [0.29, 0.717) is 12.2 Å². The van der Waals surface area contributed by atoms with Gasteiger partial charge in [-0.25, -0.2) is 18.4 Å². The van der Waals surface area contributed by atoms with E-state index in [1.54, 1.807) is 0 Å². The highest BCUT2D eigenvalue weighted by molar-refractivity contribution is 7.89. The first-order valence-electron chi connectivity index (χ1n) is 7.50. The van der Waals surface area contributed by atoms with Crippen LogP contribution in [0.3, 0.4) is 0 Å². The summed E-state index contributed by atoms with van der Waals surface area (Å²) >= 11 is 0. The van der Waals surface area contributed by atoms with Gasteiger partial charge in [-0.15, -0.1) is 0 Å². The Balaban J connectivity index is 2.64. The van der Waals surface area contributed by atoms with E-state index in [1.807, 2.05) is 0 Å². The molecule has 0 bridgehead atoms. The van der Waals surface area contributed by atoms with Crippen molar-refractivity contribution in [1.82, 2.24) is 0 Å². The Kier molecular flexibility index (Phi) is 7.34. The second-order valence-electron chi connectivity index (χ2n) is 5.26. The van der Waals surface area contributed by atoms with Crippen molar-refractivity contribution >= 4 is 21.7 Å². The number of carboxylic acids is 1. The fraction of sp³-hybridized carbons (Fsp3) is 0.533. The molecule has 0 unspecified atom stereocenters. The molecule has 0 radical (unpaired) electrons. The molecule has 124 valence electrons. The lowest BCUT2D eigenvalue weighted by Crippen LogP contribution is -2.16. The SMILES string of the molecule is CCCCCCCCNc1ccc(C(=O)O)cc1S(N)(=O)=O.